The highest BCUT2D eigenvalue weighted by Gasteiger charge is 2.04. The van der Waals surface area contributed by atoms with E-state index in [-0.39, 0.29) is 5.71 Å². The van der Waals surface area contributed by atoms with Crippen molar-refractivity contribution in [3.63, 3.8) is 0 Å². The summed E-state index contributed by atoms with van der Waals surface area (Å²) < 4.78 is 1.01. The minimum atomic E-state index is -0.186. The number of anilines is 1. The largest absolute Gasteiger partial charge is 0.275 e. The molecule has 0 radical (unpaired) electrons. The van der Waals surface area contributed by atoms with Crippen molar-refractivity contribution in [3.05, 3.63) is 27.3 Å². The standard InChI is InChI=1S/C12H11IN4/c1-8(2)9-3-4-12(11(13)5-9)17-16-10(6-14)7-15/h3-5,8,17H,1-2H3. The first-order chi connectivity index (χ1) is 8.08. The molecule has 1 aromatic rings. The van der Waals surface area contributed by atoms with Gasteiger partial charge in [0.2, 0.25) is 5.71 Å². The van der Waals surface area contributed by atoms with E-state index >= 15 is 0 Å². The lowest BCUT2D eigenvalue weighted by Crippen LogP contribution is -1.99. The normalized spacial score (nSPS) is 9.29. The molecule has 0 aliphatic heterocycles. The average molecular weight is 338 g/mol. The Morgan fingerprint density at radius 3 is 2.47 bits per heavy atom. The van der Waals surface area contributed by atoms with E-state index in [1.807, 2.05) is 12.1 Å². The van der Waals surface area contributed by atoms with Crippen LogP contribution >= 0.6 is 22.6 Å². The Balaban J connectivity index is 2.92. The third kappa shape index (κ3) is 3.72. The minimum absolute atomic E-state index is 0.186. The third-order valence-electron chi connectivity index (χ3n) is 2.16. The summed E-state index contributed by atoms with van der Waals surface area (Å²) in [7, 11) is 0. The van der Waals surface area contributed by atoms with Gasteiger partial charge in [0.05, 0.1) is 5.69 Å². The van der Waals surface area contributed by atoms with Crippen molar-refractivity contribution >= 4 is 34.0 Å². The summed E-state index contributed by atoms with van der Waals surface area (Å²) in [6.07, 6.45) is 0. The molecule has 5 heteroatoms. The monoisotopic (exact) mass is 338 g/mol. The zero-order valence-electron chi connectivity index (χ0n) is 9.53. The Kier molecular flexibility index (Phi) is 4.92. The molecule has 0 atom stereocenters. The molecule has 0 saturated heterocycles. The topological polar surface area (TPSA) is 72.0 Å². The van der Waals surface area contributed by atoms with Crippen molar-refractivity contribution in [3.8, 4) is 12.1 Å². The van der Waals surface area contributed by atoms with Gasteiger partial charge in [-0.1, -0.05) is 19.9 Å². The van der Waals surface area contributed by atoms with Crippen LogP contribution in [-0.4, -0.2) is 5.71 Å². The predicted octanol–water partition coefficient (Wildman–Crippen LogP) is 3.23. The smallest absolute Gasteiger partial charge is 0.237 e. The first kappa shape index (κ1) is 13.5. The molecule has 0 bridgehead atoms. The number of hydrazone groups is 1. The van der Waals surface area contributed by atoms with Gasteiger partial charge in [-0.2, -0.15) is 15.6 Å². The molecule has 0 aliphatic carbocycles. The second kappa shape index (κ2) is 6.21. The Bertz CT molecular complexity index is 504. The van der Waals surface area contributed by atoms with Gasteiger partial charge in [-0.05, 0) is 46.2 Å². The van der Waals surface area contributed by atoms with E-state index in [4.69, 9.17) is 10.5 Å². The van der Waals surface area contributed by atoms with Gasteiger partial charge in [0.1, 0.15) is 12.1 Å². The summed E-state index contributed by atoms with van der Waals surface area (Å²) in [6, 6.07) is 9.35. The van der Waals surface area contributed by atoms with Crippen LogP contribution in [0.4, 0.5) is 5.69 Å². The van der Waals surface area contributed by atoms with Crippen LogP contribution in [0.15, 0.2) is 23.3 Å². The molecule has 1 N–H and O–H groups in total. The van der Waals surface area contributed by atoms with Crippen LogP contribution in [0, 0.1) is 26.2 Å². The number of nitrogens with zero attached hydrogens (tertiary/aromatic N) is 3. The molecule has 1 aromatic carbocycles. The Hall–Kier alpha value is -1.60. The van der Waals surface area contributed by atoms with Crippen molar-refractivity contribution in [2.75, 3.05) is 5.43 Å². The first-order valence-corrected chi connectivity index (χ1v) is 6.09. The molecule has 0 saturated carbocycles. The van der Waals surface area contributed by atoms with Gasteiger partial charge < -0.3 is 0 Å². The average Bonchev–Trinajstić information content (AvgIpc) is 2.31. The zero-order chi connectivity index (χ0) is 12.8. The van der Waals surface area contributed by atoms with Gasteiger partial charge in [0.25, 0.3) is 0 Å². The number of nitriles is 2. The van der Waals surface area contributed by atoms with E-state index in [1.165, 1.54) is 5.56 Å². The number of nitrogens with one attached hydrogen (secondary N) is 1. The lowest BCUT2D eigenvalue weighted by molar-refractivity contribution is 0.866. The van der Waals surface area contributed by atoms with Crippen LogP contribution in [0.5, 0.6) is 0 Å². The third-order valence-corrected chi connectivity index (χ3v) is 3.05. The summed E-state index contributed by atoms with van der Waals surface area (Å²) in [6.45, 7) is 4.25. The van der Waals surface area contributed by atoms with Crippen molar-refractivity contribution in [2.24, 2.45) is 5.10 Å². The summed E-state index contributed by atoms with van der Waals surface area (Å²) in [4.78, 5) is 0. The van der Waals surface area contributed by atoms with E-state index in [0.29, 0.717) is 5.92 Å². The van der Waals surface area contributed by atoms with Gasteiger partial charge >= 0.3 is 0 Å². The quantitative estimate of drug-likeness (QED) is 0.522. The highest BCUT2D eigenvalue weighted by atomic mass is 127. The van der Waals surface area contributed by atoms with E-state index in [0.717, 1.165) is 9.26 Å². The van der Waals surface area contributed by atoms with E-state index in [2.05, 4.69) is 53.0 Å². The maximum absolute atomic E-state index is 8.55. The summed E-state index contributed by atoms with van der Waals surface area (Å²) in [5, 5.41) is 20.8. The minimum Gasteiger partial charge on any atom is -0.275 e. The number of hydrogen-bond acceptors (Lipinski definition) is 4. The van der Waals surface area contributed by atoms with E-state index in [1.54, 1.807) is 12.1 Å². The molecule has 0 fully saturated rings. The molecule has 0 unspecified atom stereocenters. The van der Waals surface area contributed by atoms with Crippen LogP contribution in [0.1, 0.15) is 25.3 Å². The van der Waals surface area contributed by atoms with Crippen LogP contribution in [0.2, 0.25) is 0 Å². The van der Waals surface area contributed by atoms with Gasteiger partial charge in [-0.3, -0.25) is 5.43 Å². The van der Waals surface area contributed by atoms with Crippen molar-refractivity contribution < 1.29 is 0 Å². The van der Waals surface area contributed by atoms with Crippen molar-refractivity contribution in [2.45, 2.75) is 19.8 Å². The van der Waals surface area contributed by atoms with Crippen molar-refractivity contribution in [1.82, 2.24) is 0 Å². The Morgan fingerprint density at radius 1 is 1.35 bits per heavy atom. The van der Waals surface area contributed by atoms with Gasteiger partial charge in [0.15, 0.2) is 0 Å². The Labute approximate surface area is 114 Å². The van der Waals surface area contributed by atoms with E-state index in [9.17, 15) is 0 Å². The molecule has 0 amide bonds. The SMILES string of the molecule is CC(C)c1ccc(NN=C(C#N)C#N)c(I)c1. The second-order valence-corrected chi connectivity index (χ2v) is 4.85. The molecule has 4 nitrogen and oxygen atoms in total. The number of hydrogen-bond donors (Lipinski definition) is 1. The summed E-state index contributed by atoms with van der Waals surface area (Å²) in [5.41, 5.74) is 4.56. The van der Waals surface area contributed by atoms with Gasteiger partial charge in [0, 0.05) is 3.57 Å². The predicted molar refractivity (Wildman–Crippen MR) is 75.5 cm³/mol. The molecule has 17 heavy (non-hydrogen) atoms. The molecular formula is C12H11IN4. The molecule has 0 heterocycles. The summed E-state index contributed by atoms with van der Waals surface area (Å²) in [5.74, 6) is 0.467. The lowest BCUT2D eigenvalue weighted by atomic mass is 10.0. The molecule has 1 rings (SSSR count). The molecule has 0 aliphatic rings. The molecular weight excluding hydrogens is 327 g/mol. The van der Waals surface area contributed by atoms with Crippen LogP contribution in [0.3, 0.4) is 0 Å². The lowest BCUT2D eigenvalue weighted by Gasteiger charge is -2.09. The molecule has 0 spiro atoms. The fraction of sp³-hybridized carbons (Fsp3) is 0.250. The fourth-order valence-electron chi connectivity index (χ4n) is 1.17. The van der Waals surface area contributed by atoms with Crippen LogP contribution in [0.25, 0.3) is 0 Å². The molecule has 0 aromatic heterocycles. The van der Waals surface area contributed by atoms with Gasteiger partial charge in [-0.25, -0.2) is 0 Å². The second-order valence-electron chi connectivity index (χ2n) is 3.69. The van der Waals surface area contributed by atoms with E-state index < -0.39 is 0 Å². The number of halogens is 1. The molecule has 86 valence electrons. The van der Waals surface area contributed by atoms with Crippen LogP contribution in [-0.2, 0) is 0 Å². The number of rotatable bonds is 3. The summed E-state index contributed by atoms with van der Waals surface area (Å²) >= 11 is 2.19. The number of benzene rings is 1. The fourth-order valence-corrected chi connectivity index (χ4v) is 1.83. The maximum Gasteiger partial charge on any atom is 0.237 e. The first-order valence-electron chi connectivity index (χ1n) is 5.01. The maximum atomic E-state index is 8.55. The highest BCUT2D eigenvalue weighted by Crippen LogP contribution is 2.23. The zero-order valence-corrected chi connectivity index (χ0v) is 11.7. The Morgan fingerprint density at radius 2 is 2.00 bits per heavy atom. The van der Waals surface area contributed by atoms with Gasteiger partial charge in [-0.15, -0.1) is 0 Å². The van der Waals surface area contributed by atoms with Crippen LogP contribution < -0.4 is 5.43 Å². The van der Waals surface area contributed by atoms with Crippen molar-refractivity contribution in [1.29, 1.82) is 10.5 Å². The highest BCUT2D eigenvalue weighted by molar-refractivity contribution is 14.1.